The fourth-order valence-electron chi connectivity index (χ4n) is 2.60. The minimum absolute atomic E-state index is 0.195. The molecule has 1 aliphatic rings. The number of ether oxygens (including phenoxy) is 2. The predicted octanol–water partition coefficient (Wildman–Crippen LogP) is 1.24. The quantitative estimate of drug-likeness (QED) is 0.653. The molecule has 0 amide bonds. The minimum Gasteiger partial charge on any atom is -0.377 e. The van der Waals surface area contributed by atoms with Crippen molar-refractivity contribution in [2.75, 3.05) is 33.9 Å². The van der Waals surface area contributed by atoms with Crippen LogP contribution in [0.25, 0.3) is 0 Å². The van der Waals surface area contributed by atoms with E-state index >= 15 is 0 Å². The van der Waals surface area contributed by atoms with Crippen LogP contribution < -0.4 is 5.73 Å². The van der Waals surface area contributed by atoms with Crippen LogP contribution in [0.1, 0.15) is 32.6 Å². The average molecular weight is 244 g/mol. The van der Waals surface area contributed by atoms with Crippen molar-refractivity contribution < 1.29 is 9.47 Å². The van der Waals surface area contributed by atoms with Gasteiger partial charge in [-0.2, -0.15) is 0 Å². The van der Waals surface area contributed by atoms with Gasteiger partial charge in [0, 0.05) is 39.9 Å². The van der Waals surface area contributed by atoms with Crippen molar-refractivity contribution in [1.29, 1.82) is 0 Å². The molecule has 2 N–H and O–H groups in total. The Labute approximate surface area is 105 Å². The van der Waals surface area contributed by atoms with Gasteiger partial charge in [-0.15, -0.1) is 0 Å². The maximum atomic E-state index is 5.89. The lowest BCUT2D eigenvalue weighted by atomic mass is 10.1. The number of unbranched alkanes of at least 4 members (excludes halogenated alkanes) is 2. The number of hydrogen-bond donors (Lipinski definition) is 1. The Morgan fingerprint density at radius 1 is 1.18 bits per heavy atom. The second kappa shape index (κ2) is 8.03. The van der Waals surface area contributed by atoms with Gasteiger partial charge in [0.1, 0.15) is 0 Å². The Kier molecular flexibility index (Phi) is 7.04. The van der Waals surface area contributed by atoms with Crippen LogP contribution in [0.15, 0.2) is 0 Å². The summed E-state index contributed by atoms with van der Waals surface area (Å²) in [6.45, 7) is 4.86. The fourth-order valence-corrected chi connectivity index (χ4v) is 2.60. The van der Waals surface area contributed by atoms with E-state index in [0.29, 0.717) is 6.04 Å². The third-order valence-electron chi connectivity index (χ3n) is 3.78. The first-order valence-electron chi connectivity index (χ1n) is 6.76. The van der Waals surface area contributed by atoms with Crippen molar-refractivity contribution in [2.45, 2.75) is 50.9 Å². The molecule has 3 atom stereocenters. The highest BCUT2D eigenvalue weighted by Crippen LogP contribution is 2.20. The zero-order valence-electron chi connectivity index (χ0n) is 11.5. The smallest absolute Gasteiger partial charge is 0.0971 e. The molecule has 0 aromatic rings. The van der Waals surface area contributed by atoms with E-state index in [9.17, 15) is 0 Å². The monoisotopic (exact) mass is 244 g/mol. The molecule has 4 nitrogen and oxygen atoms in total. The van der Waals surface area contributed by atoms with Gasteiger partial charge in [0.25, 0.3) is 0 Å². The van der Waals surface area contributed by atoms with Gasteiger partial charge in [-0.3, -0.25) is 4.90 Å². The molecule has 0 aromatic carbocycles. The molecule has 4 heteroatoms. The van der Waals surface area contributed by atoms with E-state index in [-0.39, 0.29) is 12.2 Å². The Morgan fingerprint density at radius 3 is 2.18 bits per heavy atom. The Morgan fingerprint density at radius 2 is 1.76 bits per heavy atom. The molecular weight excluding hydrogens is 216 g/mol. The molecule has 1 saturated heterocycles. The van der Waals surface area contributed by atoms with Crippen LogP contribution in [0, 0.1) is 0 Å². The molecule has 0 saturated carbocycles. The lowest BCUT2D eigenvalue weighted by molar-refractivity contribution is -0.00461. The van der Waals surface area contributed by atoms with E-state index in [1.54, 1.807) is 14.2 Å². The maximum absolute atomic E-state index is 5.89. The molecule has 1 fully saturated rings. The molecule has 0 aliphatic carbocycles. The summed E-state index contributed by atoms with van der Waals surface area (Å²) in [6, 6.07) is 0.486. The topological polar surface area (TPSA) is 47.7 Å². The van der Waals surface area contributed by atoms with Crippen LogP contribution in [0.4, 0.5) is 0 Å². The van der Waals surface area contributed by atoms with Gasteiger partial charge in [-0.1, -0.05) is 26.2 Å². The molecule has 0 radical (unpaired) electrons. The summed E-state index contributed by atoms with van der Waals surface area (Å²) >= 11 is 0. The normalized spacial score (nSPS) is 27.5. The van der Waals surface area contributed by atoms with Crippen molar-refractivity contribution in [2.24, 2.45) is 5.73 Å². The maximum Gasteiger partial charge on any atom is 0.0971 e. The number of likely N-dealkylation sites (tertiary alicyclic amines) is 1. The van der Waals surface area contributed by atoms with Crippen molar-refractivity contribution in [3.8, 4) is 0 Å². The number of hydrogen-bond acceptors (Lipinski definition) is 4. The predicted molar refractivity (Wildman–Crippen MR) is 70.2 cm³/mol. The molecule has 102 valence electrons. The summed E-state index contributed by atoms with van der Waals surface area (Å²) in [5, 5.41) is 0. The summed E-state index contributed by atoms with van der Waals surface area (Å²) < 4.78 is 10.9. The van der Waals surface area contributed by atoms with E-state index < -0.39 is 0 Å². The SMILES string of the molecule is CCCCCC(CN)N1CC(OC)C(OC)C1. The highest BCUT2D eigenvalue weighted by atomic mass is 16.5. The summed E-state index contributed by atoms with van der Waals surface area (Å²) in [5.74, 6) is 0. The van der Waals surface area contributed by atoms with E-state index in [4.69, 9.17) is 15.2 Å². The third-order valence-corrected chi connectivity index (χ3v) is 3.78. The average Bonchev–Trinajstić information content (AvgIpc) is 2.77. The van der Waals surface area contributed by atoms with Gasteiger partial charge in [0.2, 0.25) is 0 Å². The fraction of sp³-hybridized carbons (Fsp3) is 1.00. The van der Waals surface area contributed by atoms with Crippen LogP contribution >= 0.6 is 0 Å². The second-order valence-electron chi connectivity index (χ2n) is 4.89. The Bertz CT molecular complexity index is 190. The first kappa shape index (κ1) is 14.9. The molecule has 1 aliphatic heterocycles. The number of rotatable bonds is 8. The van der Waals surface area contributed by atoms with Crippen LogP contribution in [0.3, 0.4) is 0 Å². The van der Waals surface area contributed by atoms with E-state index in [2.05, 4.69) is 11.8 Å². The first-order chi connectivity index (χ1) is 8.26. The minimum atomic E-state index is 0.195. The van der Waals surface area contributed by atoms with Gasteiger partial charge >= 0.3 is 0 Å². The molecule has 1 heterocycles. The molecular formula is C13H28N2O2. The Hall–Kier alpha value is -0.160. The molecule has 0 spiro atoms. The van der Waals surface area contributed by atoms with Gasteiger partial charge in [-0.05, 0) is 6.42 Å². The standard InChI is InChI=1S/C13H28N2O2/c1-4-5-6-7-11(8-14)15-9-12(16-2)13(10-15)17-3/h11-13H,4-10,14H2,1-3H3. The lowest BCUT2D eigenvalue weighted by Gasteiger charge is -2.26. The third kappa shape index (κ3) is 4.21. The van der Waals surface area contributed by atoms with Crippen molar-refractivity contribution in [3.05, 3.63) is 0 Å². The zero-order chi connectivity index (χ0) is 12.7. The molecule has 17 heavy (non-hydrogen) atoms. The lowest BCUT2D eigenvalue weighted by Crippen LogP contribution is -2.40. The van der Waals surface area contributed by atoms with Gasteiger partial charge in [0.15, 0.2) is 0 Å². The number of nitrogens with two attached hydrogens (primary N) is 1. The number of nitrogens with zero attached hydrogens (tertiary/aromatic N) is 1. The van der Waals surface area contributed by atoms with Gasteiger partial charge in [-0.25, -0.2) is 0 Å². The van der Waals surface area contributed by atoms with Crippen molar-refractivity contribution in [3.63, 3.8) is 0 Å². The summed E-state index contributed by atoms with van der Waals surface area (Å²) in [4.78, 5) is 2.43. The van der Waals surface area contributed by atoms with Gasteiger partial charge < -0.3 is 15.2 Å². The second-order valence-corrected chi connectivity index (χ2v) is 4.89. The highest BCUT2D eigenvalue weighted by molar-refractivity contribution is 4.89. The van der Waals surface area contributed by atoms with Crippen LogP contribution in [-0.2, 0) is 9.47 Å². The van der Waals surface area contributed by atoms with Crippen molar-refractivity contribution in [1.82, 2.24) is 4.90 Å². The summed E-state index contributed by atoms with van der Waals surface area (Å²) in [7, 11) is 3.52. The van der Waals surface area contributed by atoms with Crippen LogP contribution in [0.2, 0.25) is 0 Å². The van der Waals surface area contributed by atoms with E-state index in [1.165, 1.54) is 25.7 Å². The molecule has 3 unspecified atom stereocenters. The largest absolute Gasteiger partial charge is 0.377 e. The van der Waals surface area contributed by atoms with Crippen LogP contribution in [-0.4, -0.2) is 57.0 Å². The van der Waals surface area contributed by atoms with E-state index in [0.717, 1.165) is 19.6 Å². The summed E-state index contributed by atoms with van der Waals surface area (Å²) in [5.41, 5.74) is 5.89. The molecule has 0 aromatic heterocycles. The number of methoxy groups -OCH3 is 2. The molecule has 1 rings (SSSR count). The zero-order valence-corrected chi connectivity index (χ0v) is 11.5. The van der Waals surface area contributed by atoms with Gasteiger partial charge in [0.05, 0.1) is 12.2 Å². The van der Waals surface area contributed by atoms with Crippen LogP contribution in [0.5, 0.6) is 0 Å². The van der Waals surface area contributed by atoms with E-state index in [1.807, 2.05) is 0 Å². The molecule has 0 bridgehead atoms. The first-order valence-corrected chi connectivity index (χ1v) is 6.76. The van der Waals surface area contributed by atoms with Crippen molar-refractivity contribution >= 4 is 0 Å². The summed E-state index contributed by atoms with van der Waals surface area (Å²) in [6.07, 6.45) is 5.41. The highest BCUT2D eigenvalue weighted by Gasteiger charge is 2.35. The Balaban J connectivity index is 2.42.